The molecular formula is C43H60N2Na2O17S3. The van der Waals surface area contributed by atoms with Gasteiger partial charge in [0.25, 0.3) is 0 Å². The first-order valence-electron chi connectivity index (χ1n) is 21.3. The minimum atomic E-state index is -4.86. The molecule has 0 amide bonds. The van der Waals surface area contributed by atoms with E-state index >= 15 is 0 Å². The molecule has 1 atom stereocenters. The van der Waals surface area contributed by atoms with Crippen LogP contribution in [-0.4, -0.2) is 161 Å². The Kier molecular flexibility index (Phi) is 28.4. The van der Waals surface area contributed by atoms with Crippen molar-refractivity contribution in [1.82, 2.24) is 4.58 Å². The molecule has 19 nitrogen and oxygen atoms in total. The van der Waals surface area contributed by atoms with Crippen molar-refractivity contribution in [2.75, 3.05) is 122 Å². The first-order valence-corrected chi connectivity index (χ1v) is 25.8. The van der Waals surface area contributed by atoms with Gasteiger partial charge in [0.15, 0.2) is 0 Å². The molecule has 4 rings (SSSR count). The Bertz CT molecular complexity index is 2400. The topological polar surface area (TPSA) is 267 Å². The monoisotopic (exact) mass is 1020 g/mol. The third-order valence-corrected chi connectivity index (χ3v) is 12.9. The molecule has 67 heavy (non-hydrogen) atoms. The maximum atomic E-state index is 12.2. The first-order chi connectivity index (χ1) is 31.0. The fourth-order valence-corrected chi connectivity index (χ4v) is 8.80. The summed E-state index contributed by atoms with van der Waals surface area (Å²) in [6, 6.07) is 11.4. The summed E-state index contributed by atoms with van der Waals surface area (Å²) >= 11 is 0. The molecule has 1 aromatic carbocycles. The molecular weight excluding hydrogens is 959 g/mol. The molecule has 2 heterocycles. The largest absolute Gasteiger partial charge is 1.00 e. The number of allylic oxidation sites excluding steroid dienone is 3. The molecule has 0 fully saturated rings. The van der Waals surface area contributed by atoms with E-state index in [1.165, 1.54) is 24.5 Å². The van der Waals surface area contributed by atoms with Crippen molar-refractivity contribution >= 4 is 42.1 Å². The summed E-state index contributed by atoms with van der Waals surface area (Å²) < 4.78 is 146. The number of benzene rings is 2. The van der Waals surface area contributed by atoms with Gasteiger partial charge in [-0.2, -0.15) is 0 Å². The van der Waals surface area contributed by atoms with Gasteiger partial charge in [-0.05, 0) is 74.2 Å². The molecule has 1 aliphatic carbocycles. The summed E-state index contributed by atoms with van der Waals surface area (Å²) in [5, 5.41) is 9.45. The maximum absolute atomic E-state index is 12.2. The van der Waals surface area contributed by atoms with Gasteiger partial charge in [-0.25, -0.2) is 29.8 Å². The fourth-order valence-electron chi connectivity index (χ4n) is 7.32. The summed E-state index contributed by atoms with van der Waals surface area (Å²) in [5.41, 5.74) is 2.21. The fraction of sp³-hybridized carbons (Fsp3) is 0.558. The number of hydrogen-bond acceptors (Lipinski definition) is 18. The second kappa shape index (κ2) is 31.0. The molecule has 1 unspecified atom stereocenters. The molecule has 1 aromatic rings. The van der Waals surface area contributed by atoms with Crippen LogP contribution < -0.4 is 73.9 Å². The van der Waals surface area contributed by atoms with Gasteiger partial charge < -0.3 is 56.5 Å². The minimum Gasteiger partial charge on any atom is -0.748 e. The van der Waals surface area contributed by atoms with E-state index in [1.54, 1.807) is 12.1 Å². The van der Waals surface area contributed by atoms with Crippen molar-refractivity contribution in [1.29, 1.82) is 0 Å². The van der Waals surface area contributed by atoms with E-state index in [2.05, 4.69) is 0 Å². The second-order valence-corrected chi connectivity index (χ2v) is 19.5. The number of fused-ring (bicyclic) bond motifs is 2. The number of hydrogen-bond donors (Lipinski definition) is 1. The maximum Gasteiger partial charge on any atom is 1.00 e. The van der Waals surface area contributed by atoms with Gasteiger partial charge in [-0.1, -0.05) is 12.2 Å². The number of aliphatic hydroxyl groups excluding tert-OH is 1. The van der Waals surface area contributed by atoms with Crippen LogP contribution in [0.4, 0.5) is 5.69 Å². The molecule has 0 radical (unpaired) electrons. The average Bonchev–Trinajstić information content (AvgIpc) is 3.47. The van der Waals surface area contributed by atoms with Gasteiger partial charge in [0.2, 0.25) is 5.36 Å². The van der Waals surface area contributed by atoms with Crippen LogP contribution in [0, 0.1) is 0 Å². The van der Waals surface area contributed by atoms with Crippen LogP contribution in [0.25, 0.3) is 17.4 Å². The Hall–Kier alpha value is -1.62. The van der Waals surface area contributed by atoms with Crippen LogP contribution in [0.3, 0.4) is 0 Å². The summed E-state index contributed by atoms with van der Waals surface area (Å²) in [4.78, 5) is 1.48. The molecule has 1 N–H and O–H groups in total. The second-order valence-electron chi connectivity index (χ2n) is 15.0. The Balaban J connectivity index is 0.00000771. The first kappa shape index (κ1) is 61.5. The van der Waals surface area contributed by atoms with E-state index in [-0.39, 0.29) is 118 Å². The molecule has 0 spiro atoms. The number of aliphatic hydroxyl groups is 1. The third kappa shape index (κ3) is 21.3. The molecule has 0 saturated heterocycles. The average molecular weight is 1020 g/mol. The molecule has 24 heteroatoms. The third-order valence-electron chi connectivity index (χ3n) is 10.4. The number of rotatable bonds is 32. The van der Waals surface area contributed by atoms with Gasteiger partial charge >= 0.3 is 59.1 Å². The van der Waals surface area contributed by atoms with Crippen molar-refractivity contribution in [3.63, 3.8) is 0 Å². The van der Waals surface area contributed by atoms with Crippen molar-refractivity contribution in [3.05, 3.63) is 83.1 Å². The van der Waals surface area contributed by atoms with Crippen LogP contribution in [-0.2, 0) is 64.2 Å². The number of ether oxygens (including phenoxy) is 6. The van der Waals surface area contributed by atoms with E-state index in [0.717, 1.165) is 16.5 Å². The normalized spacial score (nSPS) is 16.4. The Morgan fingerprint density at radius 1 is 0.731 bits per heavy atom. The predicted octanol–water partition coefficient (Wildman–Crippen LogP) is -3.88. The number of anilines is 1. The van der Waals surface area contributed by atoms with Crippen LogP contribution in [0.5, 0.6) is 0 Å². The summed E-state index contributed by atoms with van der Waals surface area (Å²) in [7, 11) is -13.8. The standard InChI is InChI=1S/C43H62N2O17S3.2Na/c1-3-44(15-6-32-64(50,51)52)36-9-11-38-35(13-18-62-41(38)33-36)7-4-8-42-43(2,14-5-31-63(47,48)49)39-34-37(65(53,54)55)10-12-40(39)45(42)16-19-56-21-23-58-25-27-60-29-30-61-28-26-59-24-22-57-20-17-46;;/h4,7-13,18,33-34,46H,3,5-6,14-17,19-32H2,1-2H3,(H2-,47,48,49,50,51,52,53,54,55);;/q;2*+1/p-2. The van der Waals surface area contributed by atoms with Gasteiger partial charge in [0.05, 0.1) is 123 Å². The van der Waals surface area contributed by atoms with Crippen molar-refractivity contribution in [3.8, 4) is 11.3 Å². The van der Waals surface area contributed by atoms with Gasteiger partial charge in [0.1, 0.15) is 29.0 Å². The Labute approximate surface area is 438 Å². The molecule has 2 aliphatic heterocycles. The van der Waals surface area contributed by atoms with Crippen LogP contribution >= 0.6 is 0 Å². The molecule has 0 aromatic heterocycles. The quantitative estimate of drug-likeness (QED) is 0.0271. The van der Waals surface area contributed by atoms with Gasteiger partial charge in [0, 0.05) is 52.9 Å². The summed E-state index contributed by atoms with van der Waals surface area (Å²) in [5.74, 6) is -0.561. The molecule has 0 saturated carbocycles. The van der Waals surface area contributed by atoms with Crippen molar-refractivity contribution in [2.45, 2.75) is 43.4 Å². The summed E-state index contributed by atoms with van der Waals surface area (Å²) in [6.07, 6.45) is 7.26. The van der Waals surface area contributed by atoms with Crippen molar-refractivity contribution < 1.29 is 136 Å². The van der Waals surface area contributed by atoms with E-state index in [9.17, 15) is 38.9 Å². The van der Waals surface area contributed by atoms with Crippen LogP contribution in [0.2, 0.25) is 0 Å². The number of nitrogens with zero attached hydrogens (tertiary/aromatic N) is 2. The van der Waals surface area contributed by atoms with Gasteiger partial charge in [-0.15, -0.1) is 0 Å². The summed E-state index contributed by atoms with van der Waals surface area (Å²) in [6.45, 7) is 9.06. The van der Waals surface area contributed by atoms with E-state index in [0.29, 0.717) is 88.7 Å². The zero-order valence-electron chi connectivity index (χ0n) is 38.8. The Morgan fingerprint density at radius 3 is 1.82 bits per heavy atom. The zero-order chi connectivity index (χ0) is 47.4. The molecule has 0 bridgehead atoms. The smallest absolute Gasteiger partial charge is 0.748 e. The van der Waals surface area contributed by atoms with E-state index in [4.69, 9.17) is 37.9 Å². The predicted molar refractivity (Wildman–Crippen MR) is 237 cm³/mol. The van der Waals surface area contributed by atoms with Crippen LogP contribution in [0.15, 0.2) is 75.9 Å². The van der Waals surface area contributed by atoms with Gasteiger partial charge in [-0.3, -0.25) is 0 Å². The van der Waals surface area contributed by atoms with E-state index < -0.39 is 52.2 Å². The minimum absolute atomic E-state index is 0. The zero-order valence-corrected chi connectivity index (χ0v) is 45.2. The van der Waals surface area contributed by atoms with Crippen molar-refractivity contribution in [2.24, 2.45) is 0 Å². The SMILES string of the molecule is CC[N+](CCCS(=O)(=O)[O-])=c1ccc2c(/C=C/C=C3/N(CCOCCOCCOCCOCCOCCOCCO)c4ccc(S(=O)(=O)[O-])cc4C3(C)CCCS(=O)(=O)[O-])ccoc-2c1.[Na+].[Na+]. The van der Waals surface area contributed by atoms with E-state index in [1.807, 2.05) is 53.7 Å². The van der Waals surface area contributed by atoms with Crippen LogP contribution in [0.1, 0.15) is 44.2 Å². The Morgan fingerprint density at radius 2 is 1.28 bits per heavy atom. The molecule has 364 valence electrons. The molecule has 3 aliphatic rings.